The van der Waals surface area contributed by atoms with Crippen LogP contribution in [0.1, 0.15) is 12.8 Å². The summed E-state index contributed by atoms with van der Waals surface area (Å²) in [6.45, 7) is 5.67. The minimum absolute atomic E-state index is 0.679. The zero-order chi connectivity index (χ0) is 13.2. The third-order valence-electron chi connectivity index (χ3n) is 3.83. The van der Waals surface area contributed by atoms with Crippen molar-refractivity contribution in [3.63, 3.8) is 0 Å². The van der Waals surface area contributed by atoms with Crippen molar-refractivity contribution in [2.24, 2.45) is 5.92 Å². The van der Waals surface area contributed by atoms with E-state index >= 15 is 0 Å². The second-order valence-electron chi connectivity index (χ2n) is 5.35. The standard InChI is InChI=1S/C13H20BrN5/c1-15-13-16-8-11(14)12(17-13)19-6-4-18(5-7-19)9-10-2-3-10/h8,10H,2-7,9H2,1H3,(H,15,16,17). The molecule has 1 N–H and O–H groups in total. The van der Waals surface area contributed by atoms with Crippen LogP contribution in [0.3, 0.4) is 0 Å². The first-order valence-electron chi connectivity index (χ1n) is 6.94. The van der Waals surface area contributed by atoms with Crippen LogP contribution in [0.2, 0.25) is 0 Å². The van der Waals surface area contributed by atoms with E-state index in [1.807, 2.05) is 13.2 Å². The van der Waals surface area contributed by atoms with Crippen LogP contribution < -0.4 is 10.2 Å². The van der Waals surface area contributed by atoms with Crippen molar-refractivity contribution < 1.29 is 0 Å². The first-order valence-corrected chi connectivity index (χ1v) is 7.73. The quantitative estimate of drug-likeness (QED) is 0.914. The smallest absolute Gasteiger partial charge is 0.224 e. The van der Waals surface area contributed by atoms with Crippen LogP contribution in [0, 0.1) is 5.92 Å². The molecule has 1 aliphatic carbocycles. The lowest BCUT2D eigenvalue weighted by Crippen LogP contribution is -2.47. The van der Waals surface area contributed by atoms with Crippen molar-refractivity contribution in [1.29, 1.82) is 0 Å². The molecule has 19 heavy (non-hydrogen) atoms. The van der Waals surface area contributed by atoms with Gasteiger partial charge in [-0.05, 0) is 34.7 Å². The lowest BCUT2D eigenvalue weighted by molar-refractivity contribution is 0.247. The van der Waals surface area contributed by atoms with Crippen molar-refractivity contribution in [2.45, 2.75) is 12.8 Å². The van der Waals surface area contributed by atoms with Crippen molar-refractivity contribution in [3.05, 3.63) is 10.7 Å². The third-order valence-corrected chi connectivity index (χ3v) is 4.39. The first-order chi connectivity index (χ1) is 9.26. The lowest BCUT2D eigenvalue weighted by Gasteiger charge is -2.35. The number of halogens is 1. The van der Waals surface area contributed by atoms with E-state index in [2.05, 4.69) is 41.0 Å². The van der Waals surface area contributed by atoms with Gasteiger partial charge in [-0.3, -0.25) is 4.90 Å². The average Bonchev–Trinajstić information content (AvgIpc) is 3.24. The maximum Gasteiger partial charge on any atom is 0.224 e. The molecule has 0 aromatic carbocycles. The highest BCUT2D eigenvalue weighted by Crippen LogP contribution is 2.30. The van der Waals surface area contributed by atoms with Gasteiger partial charge in [-0.15, -0.1) is 0 Å². The van der Waals surface area contributed by atoms with E-state index in [0.717, 1.165) is 42.4 Å². The molecule has 0 atom stereocenters. The van der Waals surface area contributed by atoms with Crippen LogP contribution in [0.4, 0.5) is 11.8 Å². The number of nitrogens with zero attached hydrogens (tertiary/aromatic N) is 4. The molecule has 6 heteroatoms. The zero-order valence-corrected chi connectivity index (χ0v) is 12.9. The van der Waals surface area contributed by atoms with E-state index in [9.17, 15) is 0 Å². The van der Waals surface area contributed by atoms with Crippen molar-refractivity contribution >= 4 is 27.7 Å². The molecule has 3 rings (SSSR count). The van der Waals surface area contributed by atoms with E-state index in [1.54, 1.807) is 0 Å². The monoisotopic (exact) mass is 325 g/mol. The normalized spacial score (nSPS) is 20.6. The lowest BCUT2D eigenvalue weighted by atomic mass is 10.3. The Morgan fingerprint density at radius 2 is 2.05 bits per heavy atom. The fraction of sp³-hybridized carbons (Fsp3) is 0.692. The molecule has 0 spiro atoms. The van der Waals surface area contributed by atoms with Crippen molar-refractivity contribution in [2.75, 3.05) is 50.0 Å². The molecule has 0 amide bonds. The molecule has 0 unspecified atom stereocenters. The topological polar surface area (TPSA) is 44.3 Å². The summed E-state index contributed by atoms with van der Waals surface area (Å²) >= 11 is 3.55. The second kappa shape index (κ2) is 5.63. The number of hydrogen-bond donors (Lipinski definition) is 1. The van der Waals surface area contributed by atoms with Gasteiger partial charge in [-0.1, -0.05) is 0 Å². The Bertz CT molecular complexity index is 441. The van der Waals surface area contributed by atoms with Gasteiger partial charge in [0.1, 0.15) is 5.82 Å². The number of hydrogen-bond acceptors (Lipinski definition) is 5. The van der Waals surface area contributed by atoms with E-state index in [0.29, 0.717) is 5.95 Å². The van der Waals surface area contributed by atoms with Crippen molar-refractivity contribution in [3.8, 4) is 0 Å². The fourth-order valence-corrected chi connectivity index (χ4v) is 2.95. The Hall–Kier alpha value is -0.880. The summed E-state index contributed by atoms with van der Waals surface area (Å²) < 4.78 is 0.974. The molecule has 0 radical (unpaired) electrons. The van der Waals surface area contributed by atoms with Gasteiger partial charge >= 0.3 is 0 Å². The van der Waals surface area contributed by atoms with Gasteiger partial charge in [-0.25, -0.2) is 4.98 Å². The highest BCUT2D eigenvalue weighted by atomic mass is 79.9. The summed E-state index contributed by atoms with van der Waals surface area (Å²) in [6, 6.07) is 0. The largest absolute Gasteiger partial charge is 0.357 e. The molecule has 2 heterocycles. The summed E-state index contributed by atoms with van der Waals surface area (Å²) in [5.41, 5.74) is 0. The molecule has 5 nitrogen and oxygen atoms in total. The molecule has 2 aliphatic rings. The number of piperazine rings is 1. The molecule has 1 aromatic heterocycles. The number of anilines is 2. The summed E-state index contributed by atoms with van der Waals surface area (Å²) in [5.74, 6) is 2.66. The van der Waals surface area contributed by atoms with Crippen molar-refractivity contribution in [1.82, 2.24) is 14.9 Å². The maximum atomic E-state index is 4.55. The minimum atomic E-state index is 0.679. The molecule has 1 saturated carbocycles. The summed E-state index contributed by atoms with van der Waals surface area (Å²) in [6.07, 6.45) is 4.69. The predicted molar refractivity (Wildman–Crippen MR) is 80.7 cm³/mol. The van der Waals surface area contributed by atoms with Gasteiger partial charge in [-0.2, -0.15) is 4.98 Å². The van der Waals surface area contributed by atoms with E-state index in [1.165, 1.54) is 19.4 Å². The van der Waals surface area contributed by atoms with Crippen LogP contribution in [-0.2, 0) is 0 Å². The Kier molecular flexibility index (Phi) is 3.88. The highest BCUT2D eigenvalue weighted by Gasteiger charge is 2.27. The summed E-state index contributed by atoms with van der Waals surface area (Å²) in [4.78, 5) is 13.7. The van der Waals surface area contributed by atoms with Crippen LogP contribution in [-0.4, -0.2) is 54.6 Å². The van der Waals surface area contributed by atoms with Crippen LogP contribution in [0.5, 0.6) is 0 Å². The number of nitrogens with one attached hydrogen (secondary N) is 1. The maximum absolute atomic E-state index is 4.55. The van der Waals surface area contributed by atoms with E-state index in [4.69, 9.17) is 0 Å². The Morgan fingerprint density at radius 1 is 1.32 bits per heavy atom. The number of aromatic nitrogens is 2. The summed E-state index contributed by atoms with van der Waals surface area (Å²) in [5, 5.41) is 3.00. The second-order valence-corrected chi connectivity index (χ2v) is 6.20. The molecular formula is C13H20BrN5. The van der Waals surface area contributed by atoms with E-state index < -0.39 is 0 Å². The van der Waals surface area contributed by atoms with Gasteiger partial charge in [0.15, 0.2) is 0 Å². The van der Waals surface area contributed by atoms with Gasteiger partial charge in [0.25, 0.3) is 0 Å². The molecule has 1 aliphatic heterocycles. The Balaban J connectivity index is 1.63. The van der Waals surface area contributed by atoms with Gasteiger partial charge in [0, 0.05) is 46.0 Å². The van der Waals surface area contributed by atoms with Gasteiger partial charge in [0.2, 0.25) is 5.95 Å². The molecule has 1 aromatic rings. The van der Waals surface area contributed by atoms with Gasteiger partial charge < -0.3 is 10.2 Å². The van der Waals surface area contributed by atoms with Crippen LogP contribution in [0.15, 0.2) is 10.7 Å². The SMILES string of the molecule is CNc1ncc(Br)c(N2CCN(CC3CC3)CC2)n1. The predicted octanol–water partition coefficient (Wildman–Crippen LogP) is 1.81. The van der Waals surface area contributed by atoms with E-state index in [-0.39, 0.29) is 0 Å². The van der Waals surface area contributed by atoms with Gasteiger partial charge in [0.05, 0.1) is 4.47 Å². The zero-order valence-electron chi connectivity index (χ0n) is 11.3. The fourth-order valence-electron chi connectivity index (χ4n) is 2.51. The number of rotatable bonds is 4. The summed E-state index contributed by atoms with van der Waals surface area (Å²) in [7, 11) is 1.85. The molecule has 2 fully saturated rings. The molecule has 0 bridgehead atoms. The third kappa shape index (κ3) is 3.17. The van der Waals surface area contributed by atoms with Crippen LogP contribution >= 0.6 is 15.9 Å². The first kappa shape index (κ1) is 13.1. The average molecular weight is 326 g/mol. The minimum Gasteiger partial charge on any atom is -0.357 e. The molecular weight excluding hydrogens is 306 g/mol. The highest BCUT2D eigenvalue weighted by molar-refractivity contribution is 9.10. The Labute approximate surface area is 122 Å². The molecule has 104 valence electrons. The molecule has 1 saturated heterocycles. The van der Waals surface area contributed by atoms with Crippen LogP contribution in [0.25, 0.3) is 0 Å². The Morgan fingerprint density at radius 3 is 2.68 bits per heavy atom.